The average Bonchev–Trinajstić information content (AvgIpc) is 3.27. The highest BCUT2D eigenvalue weighted by Gasteiger charge is 2.48. The zero-order valence-corrected chi connectivity index (χ0v) is 15.0. The minimum atomic E-state index is -0.354. The molecule has 2 atom stereocenters. The van der Waals surface area contributed by atoms with Gasteiger partial charge in [0.1, 0.15) is 11.6 Å². The molecule has 0 radical (unpaired) electrons. The van der Waals surface area contributed by atoms with E-state index in [0.717, 1.165) is 41.2 Å². The Hall–Kier alpha value is -2.54. The number of carbonyl (C=O) groups is 3. The Morgan fingerprint density at radius 2 is 1.77 bits per heavy atom. The number of hydrogen-bond acceptors (Lipinski definition) is 5. The molecule has 2 aromatic rings. The van der Waals surface area contributed by atoms with Crippen molar-refractivity contribution in [3.8, 4) is 10.6 Å². The molecule has 1 aromatic heterocycles. The molecule has 2 aliphatic rings. The second-order valence-electron chi connectivity index (χ2n) is 6.72. The van der Waals surface area contributed by atoms with Crippen molar-refractivity contribution in [1.29, 1.82) is 0 Å². The van der Waals surface area contributed by atoms with Crippen LogP contribution < -0.4 is 5.32 Å². The van der Waals surface area contributed by atoms with E-state index in [2.05, 4.69) is 10.3 Å². The summed E-state index contributed by atoms with van der Waals surface area (Å²) in [6, 6.07) is 7.36. The van der Waals surface area contributed by atoms with Crippen molar-refractivity contribution in [2.45, 2.75) is 25.7 Å². The van der Waals surface area contributed by atoms with Crippen molar-refractivity contribution in [2.75, 3.05) is 11.9 Å². The highest BCUT2D eigenvalue weighted by Crippen LogP contribution is 2.37. The van der Waals surface area contributed by atoms with Gasteiger partial charge >= 0.3 is 0 Å². The predicted octanol–water partition coefficient (Wildman–Crippen LogP) is 2.92. The van der Waals surface area contributed by atoms with Crippen LogP contribution in [0.25, 0.3) is 10.6 Å². The molecule has 1 saturated carbocycles. The molecule has 4 rings (SSSR count). The smallest absolute Gasteiger partial charge is 0.244 e. The second kappa shape index (κ2) is 6.99. The summed E-state index contributed by atoms with van der Waals surface area (Å²) in [5.74, 6) is -1.17. The molecule has 2 unspecified atom stereocenters. The van der Waals surface area contributed by atoms with Gasteiger partial charge in [0.15, 0.2) is 0 Å². The molecule has 1 saturated heterocycles. The van der Waals surface area contributed by atoms with Crippen LogP contribution in [-0.2, 0) is 14.4 Å². The second-order valence-corrected chi connectivity index (χ2v) is 7.62. The van der Waals surface area contributed by atoms with E-state index in [1.165, 1.54) is 0 Å². The minimum absolute atomic E-state index is 0.186. The van der Waals surface area contributed by atoms with Crippen LogP contribution >= 0.6 is 11.3 Å². The molecule has 134 valence electrons. The molecular formula is C19H19N3O3S. The third-order valence-corrected chi connectivity index (χ3v) is 5.90. The predicted molar refractivity (Wildman–Crippen MR) is 98.3 cm³/mol. The zero-order valence-electron chi connectivity index (χ0n) is 14.2. The molecule has 1 aliphatic carbocycles. The fraction of sp³-hybridized carbons (Fsp3) is 0.368. The lowest BCUT2D eigenvalue weighted by atomic mass is 9.81. The number of amides is 3. The van der Waals surface area contributed by atoms with Crippen molar-refractivity contribution >= 4 is 34.7 Å². The molecule has 1 aromatic carbocycles. The Bertz CT molecular complexity index is 808. The van der Waals surface area contributed by atoms with Crippen LogP contribution in [0.15, 0.2) is 35.8 Å². The summed E-state index contributed by atoms with van der Waals surface area (Å²) in [5.41, 5.74) is 1.61. The van der Waals surface area contributed by atoms with Crippen LogP contribution in [-0.4, -0.2) is 34.2 Å². The standard InChI is InChI=1S/C19H19N3O3S/c23-16(11-22-18(24)14-3-1-2-4-15(14)19(22)25)21-13-7-5-12(6-8-13)17-20-9-10-26-17/h5-10,14-15H,1-4,11H2,(H,21,23). The zero-order chi connectivity index (χ0) is 18.1. The lowest BCUT2D eigenvalue weighted by Crippen LogP contribution is -2.38. The fourth-order valence-electron chi connectivity index (χ4n) is 3.79. The summed E-state index contributed by atoms with van der Waals surface area (Å²) >= 11 is 1.55. The van der Waals surface area contributed by atoms with Gasteiger partial charge in [0.05, 0.1) is 11.8 Å². The number of likely N-dealkylation sites (tertiary alicyclic amines) is 1. The third kappa shape index (κ3) is 3.14. The number of aromatic nitrogens is 1. The summed E-state index contributed by atoms with van der Waals surface area (Å²) in [7, 11) is 0. The van der Waals surface area contributed by atoms with Gasteiger partial charge in [-0.15, -0.1) is 11.3 Å². The number of imide groups is 1. The number of anilines is 1. The lowest BCUT2D eigenvalue weighted by molar-refractivity contribution is -0.142. The quantitative estimate of drug-likeness (QED) is 0.841. The number of hydrogen-bond donors (Lipinski definition) is 1. The number of benzene rings is 1. The molecule has 0 bridgehead atoms. The number of nitrogens with zero attached hydrogens (tertiary/aromatic N) is 2. The first-order valence-electron chi connectivity index (χ1n) is 8.78. The monoisotopic (exact) mass is 369 g/mol. The van der Waals surface area contributed by atoms with Gasteiger partial charge in [-0.3, -0.25) is 19.3 Å². The summed E-state index contributed by atoms with van der Waals surface area (Å²) in [6.45, 7) is -0.209. The maximum absolute atomic E-state index is 12.4. The first-order chi connectivity index (χ1) is 12.6. The van der Waals surface area contributed by atoms with Gasteiger partial charge in [-0.05, 0) is 37.1 Å². The van der Waals surface area contributed by atoms with Crippen molar-refractivity contribution in [3.63, 3.8) is 0 Å². The van der Waals surface area contributed by atoms with E-state index in [1.807, 2.05) is 17.5 Å². The van der Waals surface area contributed by atoms with E-state index in [0.29, 0.717) is 5.69 Å². The number of rotatable bonds is 4. The minimum Gasteiger partial charge on any atom is -0.325 e. The number of carbonyl (C=O) groups excluding carboxylic acids is 3. The maximum atomic E-state index is 12.4. The topological polar surface area (TPSA) is 79.4 Å². The molecule has 3 amide bonds. The SMILES string of the molecule is O=C(CN1C(=O)C2CCCCC2C1=O)Nc1ccc(-c2nccs2)cc1. The van der Waals surface area contributed by atoms with Gasteiger partial charge in [0, 0.05) is 22.8 Å². The van der Waals surface area contributed by atoms with Gasteiger partial charge in [-0.2, -0.15) is 0 Å². The van der Waals surface area contributed by atoms with Gasteiger partial charge in [-0.1, -0.05) is 12.8 Å². The fourth-order valence-corrected chi connectivity index (χ4v) is 4.44. The van der Waals surface area contributed by atoms with Crippen LogP contribution in [0.2, 0.25) is 0 Å². The highest BCUT2D eigenvalue weighted by molar-refractivity contribution is 7.13. The van der Waals surface area contributed by atoms with Crippen LogP contribution in [0.5, 0.6) is 0 Å². The van der Waals surface area contributed by atoms with E-state index in [9.17, 15) is 14.4 Å². The molecule has 6 nitrogen and oxygen atoms in total. The third-order valence-electron chi connectivity index (χ3n) is 5.08. The molecule has 2 heterocycles. The highest BCUT2D eigenvalue weighted by atomic mass is 32.1. The van der Waals surface area contributed by atoms with Crippen molar-refractivity contribution < 1.29 is 14.4 Å². The van der Waals surface area contributed by atoms with Crippen molar-refractivity contribution in [2.24, 2.45) is 11.8 Å². The Morgan fingerprint density at radius 3 is 2.35 bits per heavy atom. The van der Waals surface area contributed by atoms with E-state index >= 15 is 0 Å². The molecule has 2 fully saturated rings. The van der Waals surface area contributed by atoms with Crippen LogP contribution in [0, 0.1) is 11.8 Å². The van der Waals surface area contributed by atoms with Crippen LogP contribution in [0.1, 0.15) is 25.7 Å². The Morgan fingerprint density at radius 1 is 1.12 bits per heavy atom. The number of fused-ring (bicyclic) bond motifs is 1. The largest absolute Gasteiger partial charge is 0.325 e. The average molecular weight is 369 g/mol. The molecule has 26 heavy (non-hydrogen) atoms. The van der Waals surface area contributed by atoms with Crippen molar-refractivity contribution in [3.05, 3.63) is 35.8 Å². The van der Waals surface area contributed by atoms with Crippen LogP contribution in [0.3, 0.4) is 0 Å². The van der Waals surface area contributed by atoms with E-state index < -0.39 is 0 Å². The first kappa shape index (κ1) is 16.9. The lowest BCUT2D eigenvalue weighted by Gasteiger charge is -2.19. The molecular weight excluding hydrogens is 350 g/mol. The summed E-state index contributed by atoms with van der Waals surface area (Å²) in [6.07, 6.45) is 5.21. The van der Waals surface area contributed by atoms with Gasteiger partial charge in [0.2, 0.25) is 17.7 Å². The summed E-state index contributed by atoms with van der Waals surface area (Å²) in [5, 5.41) is 5.59. The molecule has 0 spiro atoms. The van der Waals surface area contributed by atoms with Gasteiger partial charge in [0.25, 0.3) is 0 Å². The Balaban J connectivity index is 1.39. The Labute approximate surface area is 155 Å². The van der Waals surface area contributed by atoms with E-state index in [-0.39, 0.29) is 36.1 Å². The summed E-state index contributed by atoms with van der Waals surface area (Å²) < 4.78 is 0. The number of thiazole rings is 1. The molecule has 7 heteroatoms. The number of nitrogens with one attached hydrogen (secondary N) is 1. The van der Waals surface area contributed by atoms with E-state index in [4.69, 9.17) is 0 Å². The first-order valence-corrected chi connectivity index (χ1v) is 9.66. The van der Waals surface area contributed by atoms with E-state index in [1.54, 1.807) is 29.7 Å². The van der Waals surface area contributed by atoms with Gasteiger partial charge < -0.3 is 5.32 Å². The maximum Gasteiger partial charge on any atom is 0.244 e. The summed E-state index contributed by atoms with van der Waals surface area (Å²) in [4.78, 5) is 42.6. The van der Waals surface area contributed by atoms with Gasteiger partial charge in [-0.25, -0.2) is 4.98 Å². The van der Waals surface area contributed by atoms with Crippen molar-refractivity contribution in [1.82, 2.24) is 9.88 Å². The normalized spacial score (nSPS) is 22.4. The molecule has 1 aliphatic heterocycles. The molecule has 1 N–H and O–H groups in total. The van der Waals surface area contributed by atoms with Crippen LogP contribution in [0.4, 0.5) is 5.69 Å². The Kier molecular flexibility index (Phi) is 4.55.